The van der Waals surface area contributed by atoms with Crippen LogP contribution in [0.2, 0.25) is 0 Å². The number of aryl methyl sites for hydroxylation is 1. The van der Waals surface area contributed by atoms with Gasteiger partial charge in [0, 0.05) is 13.1 Å². The highest BCUT2D eigenvalue weighted by atomic mass is 16.2. The molecule has 0 aromatic heterocycles. The van der Waals surface area contributed by atoms with Gasteiger partial charge in [-0.25, -0.2) is 4.79 Å². The van der Waals surface area contributed by atoms with E-state index in [2.05, 4.69) is 41.4 Å². The predicted octanol–water partition coefficient (Wildman–Crippen LogP) is 1.73. The number of urea groups is 1. The van der Waals surface area contributed by atoms with E-state index in [9.17, 15) is 9.59 Å². The Hall–Kier alpha value is -1.88. The van der Waals surface area contributed by atoms with Crippen LogP contribution in [0.4, 0.5) is 4.79 Å². The third-order valence-corrected chi connectivity index (χ3v) is 4.73. The zero-order chi connectivity index (χ0) is 15.5. The third kappa shape index (κ3) is 3.14. The van der Waals surface area contributed by atoms with E-state index in [4.69, 9.17) is 0 Å². The van der Waals surface area contributed by atoms with Crippen LogP contribution in [0.3, 0.4) is 0 Å². The van der Waals surface area contributed by atoms with Gasteiger partial charge < -0.3 is 5.32 Å². The first-order valence-corrected chi connectivity index (χ1v) is 8.01. The fourth-order valence-corrected chi connectivity index (χ4v) is 3.43. The summed E-state index contributed by atoms with van der Waals surface area (Å²) in [6.45, 7) is 5.42. The van der Waals surface area contributed by atoms with Crippen molar-refractivity contribution in [1.82, 2.24) is 15.1 Å². The van der Waals surface area contributed by atoms with E-state index in [0.29, 0.717) is 25.6 Å². The van der Waals surface area contributed by atoms with E-state index >= 15 is 0 Å². The van der Waals surface area contributed by atoms with E-state index in [1.807, 2.05) is 0 Å². The summed E-state index contributed by atoms with van der Waals surface area (Å²) >= 11 is 0. The molecular formula is C17H23N3O2. The number of imide groups is 1. The SMILES string of the molecule is Cc1ccccc1C1CCN(CC(=O)N2CCNC2=O)CC1. The van der Waals surface area contributed by atoms with E-state index in [-0.39, 0.29) is 11.9 Å². The first-order valence-electron chi connectivity index (χ1n) is 8.01. The molecule has 0 bridgehead atoms. The monoisotopic (exact) mass is 301 g/mol. The number of nitrogens with one attached hydrogen (secondary N) is 1. The quantitative estimate of drug-likeness (QED) is 0.925. The average Bonchev–Trinajstić information content (AvgIpc) is 2.95. The van der Waals surface area contributed by atoms with Gasteiger partial charge >= 0.3 is 6.03 Å². The summed E-state index contributed by atoms with van der Waals surface area (Å²) < 4.78 is 0. The van der Waals surface area contributed by atoms with Gasteiger partial charge in [0.1, 0.15) is 0 Å². The molecule has 3 rings (SSSR count). The number of benzene rings is 1. The van der Waals surface area contributed by atoms with Gasteiger partial charge in [-0.15, -0.1) is 0 Å². The summed E-state index contributed by atoms with van der Waals surface area (Å²) in [7, 11) is 0. The zero-order valence-electron chi connectivity index (χ0n) is 13.0. The molecule has 0 atom stereocenters. The Morgan fingerprint density at radius 3 is 2.59 bits per heavy atom. The number of hydrogen-bond acceptors (Lipinski definition) is 3. The number of rotatable bonds is 3. The van der Waals surface area contributed by atoms with Crippen LogP contribution < -0.4 is 5.32 Å². The van der Waals surface area contributed by atoms with Gasteiger partial charge in [-0.3, -0.25) is 14.6 Å². The maximum absolute atomic E-state index is 12.2. The summed E-state index contributed by atoms with van der Waals surface area (Å²) in [5.74, 6) is 0.506. The lowest BCUT2D eigenvalue weighted by molar-refractivity contribution is -0.129. The van der Waals surface area contributed by atoms with Crippen molar-refractivity contribution >= 4 is 11.9 Å². The highest BCUT2D eigenvalue weighted by Gasteiger charge is 2.29. The lowest BCUT2D eigenvalue weighted by Gasteiger charge is -2.32. The molecule has 1 aromatic rings. The van der Waals surface area contributed by atoms with E-state index < -0.39 is 0 Å². The van der Waals surface area contributed by atoms with Crippen LogP contribution in [0.1, 0.15) is 29.9 Å². The van der Waals surface area contributed by atoms with Crippen molar-refractivity contribution in [2.24, 2.45) is 0 Å². The minimum atomic E-state index is -0.250. The van der Waals surface area contributed by atoms with Crippen LogP contribution in [0.5, 0.6) is 0 Å². The minimum absolute atomic E-state index is 0.0793. The molecule has 0 aliphatic carbocycles. The summed E-state index contributed by atoms with van der Waals surface area (Å²) in [4.78, 5) is 27.2. The van der Waals surface area contributed by atoms with Crippen LogP contribution in [-0.2, 0) is 4.79 Å². The third-order valence-electron chi connectivity index (χ3n) is 4.73. The topological polar surface area (TPSA) is 52.7 Å². The molecule has 118 valence electrons. The van der Waals surface area contributed by atoms with Gasteiger partial charge in [0.2, 0.25) is 5.91 Å². The largest absolute Gasteiger partial charge is 0.336 e. The van der Waals surface area contributed by atoms with Crippen molar-refractivity contribution < 1.29 is 9.59 Å². The Kier molecular flexibility index (Phi) is 4.43. The van der Waals surface area contributed by atoms with Gasteiger partial charge in [0.05, 0.1) is 6.54 Å². The second kappa shape index (κ2) is 6.48. The van der Waals surface area contributed by atoms with E-state index in [0.717, 1.165) is 25.9 Å². The minimum Gasteiger partial charge on any atom is -0.336 e. The van der Waals surface area contributed by atoms with Gasteiger partial charge in [0.15, 0.2) is 0 Å². The van der Waals surface area contributed by atoms with Crippen LogP contribution in [0, 0.1) is 6.92 Å². The number of piperidine rings is 1. The van der Waals surface area contributed by atoms with Gasteiger partial charge in [-0.1, -0.05) is 24.3 Å². The molecule has 2 heterocycles. The fraction of sp³-hybridized carbons (Fsp3) is 0.529. The molecule has 1 aromatic carbocycles. The Morgan fingerprint density at radius 1 is 1.23 bits per heavy atom. The van der Waals surface area contributed by atoms with Crippen LogP contribution >= 0.6 is 0 Å². The van der Waals surface area contributed by atoms with E-state index in [1.54, 1.807) is 0 Å². The molecule has 2 saturated heterocycles. The summed E-state index contributed by atoms with van der Waals surface area (Å²) in [5, 5.41) is 2.67. The number of carbonyl (C=O) groups is 2. The molecule has 0 saturated carbocycles. The molecule has 0 spiro atoms. The highest BCUT2D eigenvalue weighted by molar-refractivity contribution is 5.96. The first kappa shape index (κ1) is 15.0. The average molecular weight is 301 g/mol. The molecular weight excluding hydrogens is 278 g/mol. The fourth-order valence-electron chi connectivity index (χ4n) is 3.43. The van der Waals surface area contributed by atoms with Crippen molar-refractivity contribution in [3.05, 3.63) is 35.4 Å². The number of hydrogen-bond donors (Lipinski definition) is 1. The Bertz CT molecular complexity index is 565. The van der Waals surface area contributed by atoms with E-state index in [1.165, 1.54) is 16.0 Å². The van der Waals surface area contributed by atoms with Crippen LogP contribution in [0.15, 0.2) is 24.3 Å². The first-order chi connectivity index (χ1) is 10.6. The maximum atomic E-state index is 12.2. The van der Waals surface area contributed by atoms with Crippen molar-refractivity contribution in [2.75, 3.05) is 32.7 Å². The standard InChI is InChI=1S/C17H23N3O2/c1-13-4-2-3-5-15(13)14-6-9-19(10-7-14)12-16(21)20-11-8-18-17(20)22/h2-5,14H,6-12H2,1H3,(H,18,22). The van der Waals surface area contributed by atoms with Crippen molar-refractivity contribution in [3.63, 3.8) is 0 Å². The van der Waals surface area contributed by atoms with Crippen molar-refractivity contribution in [1.29, 1.82) is 0 Å². The molecule has 2 fully saturated rings. The van der Waals surface area contributed by atoms with Crippen molar-refractivity contribution in [3.8, 4) is 0 Å². The summed E-state index contributed by atoms with van der Waals surface area (Å²) in [5.41, 5.74) is 2.79. The van der Waals surface area contributed by atoms with Crippen LogP contribution in [0.25, 0.3) is 0 Å². The second-order valence-electron chi connectivity index (χ2n) is 6.18. The number of likely N-dealkylation sites (tertiary alicyclic amines) is 1. The van der Waals surface area contributed by atoms with Gasteiger partial charge in [0.25, 0.3) is 0 Å². The molecule has 0 unspecified atom stereocenters. The molecule has 2 aliphatic rings. The van der Waals surface area contributed by atoms with Crippen LogP contribution in [-0.4, -0.2) is 54.5 Å². The van der Waals surface area contributed by atoms with Gasteiger partial charge in [-0.2, -0.15) is 0 Å². The molecule has 22 heavy (non-hydrogen) atoms. The lowest BCUT2D eigenvalue weighted by atomic mass is 9.87. The Labute approximate surface area is 131 Å². The van der Waals surface area contributed by atoms with Gasteiger partial charge in [-0.05, 0) is 49.9 Å². The summed E-state index contributed by atoms with van der Waals surface area (Å²) in [6.07, 6.45) is 2.15. The molecule has 2 aliphatic heterocycles. The zero-order valence-corrected chi connectivity index (χ0v) is 13.0. The summed E-state index contributed by atoms with van der Waals surface area (Å²) in [6, 6.07) is 8.31. The molecule has 1 N–H and O–H groups in total. The predicted molar refractivity (Wildman–Crippen MR) is 84.7 cm³/mol. The smallest absolute Gasteiger partial charge is 0.324 e. The molecule has 5 heteroatoms. The molecule has 3 amide bonds. The maximum Gasteiger partial charge on any atom is 0.324 e. The Balaban J connectivity index is 1.53. The number of nitrogens with zero attached hydrogens (tertiary/aromatic N) is 2. The number of amides is 3. The molecule has 5 nitrogen and oxygen atoms in total. The van der Waals surface area contributed by atoms with Crippen molar-refractivity contribution in [2.45, 2.75) is 25.7 Å². The number of carbonyl (C=O) groups excluding carboxylic acids is 2. The lowest BCUT2D eigenvalue weighted by Crippen LogP contribution is -2.44. The molecule has 0 radical (unpaired) electrons. The normalized spacial score (nSPS) is 20.2. The highest BCUT2D eigenvalue weighted by Crippen LogP contribution is 2.29. The second-order valence-corrected chi connectivity index (χ2v) is 6.18. The Morgan fingerprint density at radius 2 is 1.95 bits per heavy atom.